The van der Waals surface area contributed by atoms with Crippen molar-refractivity contribution in [3.8, 4) is 0 Å². The van der Waals surface area contributed by atoms with Crippen LogP contribution in [0.1, 0.15) is 5.56 Å². The molecule has 71 valence electrons. The van der Waals surface area contributed by atoms with Gasteiger partial charge in [-0.15, -0.1) is 0 Å². The Morgan fingerprint density at radius 1 is 1.38 bits per heavy atom. The molecule has 5 heteroatoms. The van der Waals surface area contributed by atoms with E-state index in [1.54, 1.807) is 13.1 Å². The van der Waals surface area contributed by atoms with Gasteiger partial charge in [-0.2, -0.15) is 8.42 Å². The first kappa shape index (κ1) is 10.0. The Morgan fingerprint density at radius 2 is 2.00 bits per heavy atom. The second kappa shape index (κ2) is 3.35. The molecule has 1 aromatic rings. The summed E-state index contributed by atoms with van der Waals surface area (Å²) in [6.45, 7) is 1.82. The summed E-state index contributed by atoms with van der Waals surface area (Å²) in [6.07, 6.45) is 0. The van der Waals surface area contributed by atoms with Crippen molar-refractivity contribution in [1.29, 1.82) is 0 Å². The lowest BCUT2D eigenvalue weighted by Gasteiger charge is -2.03. The highest BCUT2D eigenvalue weighted by Crippen LogP contribution is 2.19. The van der Waals surface area contributed by atoms with E-state index < -0.39 is 10.1 Å². The van der Waals surface area contributed by atoms with Crippen molar-refractivity contribution in [3.63, 3.8) is 0 Å². The van der Waals surface area contributed by atoms with E-state index in [1.165, 1.54) is 12.1 Å². The average molecular weight is 200 g/mol. The van der Waals surface area contributed by atoms with Gasteiger partial charge >= 0.3 is 0 Å². The molecule has 1 rings (SSSR count). The van der Waals surface area contributed by atoms with Gasteiger partial charge in [-0.05, 0) is 24.6 Å². The maximum Gasteiger partial charge on any atom is 0.294 e. The van der Waals surface area contributed by atoms with E-state index in [0.717, 1.165) is 5.56 Å². The summed E-state index contributed by atoms with van der Waals surface area (Å²) >= 11 is 0. The van der Waals surface area contributed by atoms with Gasteiger partial charge in [0.25, 0.3) is 10.1 Å². The van der Waals surface area contributed by atoms with Gasteiger partial charge in [0.05, 0.1) is 10.6 Å². The molecule has 0 unspecified atom stereocenters. The van der Waals surface area contributed by atoms with Crippen molar-refractivity contribution >= 4 is 15.8 Å². The topological polar surface area (TPSA) is 68.5 Å². The van der Waals surface area contributed by atoms with Gasteiger partial charge in [-0.25, -0.2) is 0 Å². The number of nitrogens with zero attached hydrogens (tertiary/aromatic N) is 1. The summed E-state index contributed by atoms with van der Waals surface area (Å²) in [7, 11) is -2.55. The van der Waals surface area contributed by atoms with Crippen LogP contribution in [0.15, 0.2) is 23.1 Å². The monoisotopic (exact) mass is 200 g/mol. The summed E-state index contributed by atoms with van der Waals surface area (Å²) in [5, 5.41) is 3.87. The zero-order valence-electron chi connectivity index (χ0n) is 7.35. The fourth-order valence-corrected chi connectivity index (χ4v) is 1.49. The Balaban J connectivity index is 3.30. The lowest BCUT2D eigenvalue weighted by Crippen LogP contribution is -2.00. The fourth-order valence-electron chi connectivity index (χ4n) is 0.991. The molecule has 0 spiro atoms. The van der Waals surface area contributed by atoms with Crippen molar-refractivity contribution in [3.05, 3.63) is 23.8 Å². The maximum atomic E-state index is 10.7. The van der Waals surface area contributed by atoms with Crippen LogP contribution in [0.4, 0.5) is 5.69 Å². The number of aryl methyl sites for hydroxylation is 1. The van der Waals surface area contributed by atoms with Crippen LogP contribution in [0, 0.1) is 6.92 Å². The van der Waals surface area contributed by atoms with Crippen LogP contribution in [0.3, 0.4) is 0 Å². The molecule has 0 aromatic heterocycles. The fraction of sp³-hybridized carbons (Fsp3) is 0.250. The number of hydrogen-bond acceptors (Lipinski definition) is 2. The summed E-state index contributed by atoms with van der Waals surface area (Å²) in [4.78, 5) is -0.126. The SMILES string of the molecule is C[N]c1cc(S(=O)(=O)O)ccc1C. The molecule has 0 fully saturated rings. The molecule has 0 aliphatic rings. The highest BCUT2D eigenvalue weighted by atomic mass is 32.2. The minimum absolute atomic E-state index is 0.126. The van der Waals surface area contributed by atoms with Crippen LogP contribution in [0.25, 0.3) is 0 Å². The standard InChI is InChI=1S/C8H10NO3S/c1-6-3-4-7(13(10,11)12)5-8(6)9-2/h3-5H,1-2H3,(H,10,11,12). The molecule has 0 aliphatic heterocycles. The number of benzene rings is 1. The van der Waals surface area contributed by atoms with Crippen molar-refractivity contribution < 1.29 is 13.0 Å². The van der Waals surface area contributed by atoms with Gasteiger partial charge in [0.1, 0.15) is 0 Å². The highest BCUT2D eigenvalue weighted by Gasteiger charge is 2.10. The van der Waals surface area contributed by atoms with Crippen molar-refractivity contribution in [2.75, 3.05) is 7.05 Å². The van der Waals surface area contributed by atoms with Crippen molar-refractivity contribution in [1.82, 2.24) is 5.32 Å². The van der Waals surface area contributed by atoms with Crippen LogP contribution >= 0.6 is 0 Å². The van der Waals surface area contributed by atoms with E-state index in [2.05, 4.69) is 5.32 Å². The number of hydrogen-bond donors (Lipinski definition) is 1. The van der Waals surface area contributed by atoms with Gasteiger partial charge in [0.15, 0.2) is 0 Å². The van der Waals surface area contributed by atoms with E-state index >= 15 is 0 Å². The van der Waals surface area contributed by atoms with Gasteiger partial charge in [0.2, 0.25) is 0 Å². The predicted molar refractivity (Wildman–Crippen MR) is 48.7 cm³/mol. The lowest BCUT2D eigenvalue weighted by atomic mass is 10.2. The van der Waals surface area contributed by atoms with Gasteiger partial charge in [0, 0.05) is 7.05 Å². The molecule has 0 saturated heterocycles. The van der Waals surface area contributed by atoms with E-state index in [-0.39, 0.29) is 4.90 Å². The predicted octanol–water partition coefficient (Wildman–Crippen LogP) is 1.11. The van der Waals surface area contributed by atoms with E-state index in [0.29, 0.717) is 5.69 Å². The molecule has 1 N–H and O–H groups in total. The van der Waals surface area contributed by atoms with Crippen LogP contribution < -0.4 is 5.32 Å². The first-order valence-corrected chi connectivity index (χ1v) is 5.07. The molecular formula is C8H10NO3S. The molecule has 0 atom stereocenters. The summed E-state index contributed by atoms with van der Waals surface area (Å²) in [5.41, 5.74) is 1.44. The largest absolute Gasteiger partial charge is 0.294 e. The Labute approximate surface area is 77.3 Å². The van der Waals surface area contributed by atoms with Crippen LogP contribution in [-0.2, 0) is 10.1 Å². The first-order chi connectivity index (χ1) is 5.95. The Kier molecular flexibility index (Phi) is 2.58. The van der Waals surface area contributed by atoms with Crippen molar-refractivity contribution in [2.45, 2.75) is 11.8 Å². The molecule has 0 amide bonds. The summed E-state index contributed by atoms with van der Waals surface area (Å²) in [6, 6.07) is 4.29. The molecule has 1 radical (unpaired) electrons. The Hall–Kier alpha value is -1.07. The molecule has 0 saturated carbocycles. The molecule has 0 heterocycles. The normalized spacial score (nSPS) is 11.3. The van der Waals surface area contributed by atoms with Crippen molar-refractivity contribution in [2.24, 2.45) is 0 Å². The third-order valence-electron chi connectivity index (χ3n) is 1.72. The molecule has 4 nitrogen and oxygen atoms in total. The molecule has 13 heavy (non-hydrogen) atoms. The highest BCUT2D eigenvalue weighted by molar-refractivity contribution is 7.85. The quantitative estimate of drug-likeness (QED) is 0.727. The van der Waals surface area contributed by atoms with Gasteiger partial charge in [-0.3, -0.25) is 9.87 Å². The third kappa shape index (κ3) is 2.19. The molecule has 0 bridgehead atoms. The van der Waals surface area contributed by atoms with E-state index in [9.17, 15) is 8.42 Å². The zero-order chi connectivity index (χ0) is 10.1. The lowest BCUT2D eigenvalue weighted by molar-refractivity contribution is 0.483. The Morgan fingerprint density at radius 3 is 2.46 bits per heavy atom. The maximum absolute atomic E-state index is 10.7. The molecule has 0 aliphatic carbocycles. The molecule has 1 aromatic carbocycles. The van der Waals surface area contributed by atoms with Gasteiger partial charge < -0.3 is 0 Å². The van der Waals surface area contributed by atoms with Crippen LogP contribution in [0.2, 0.25) is 0 Å². The van der Waals surface area contributed by atoms with Gasteiger partial charge in [-0.1, -0.05) is 6.07 Å². The van der Waals surface area contributed by atoms with E-state index in [1.807, 2.05) is 6.92 Å². The number of rotatable bonds is 2. The van der Waals surface area contributed by atoms with Crippen LogP contribution in [-0.4, -0.2) is 20.0 Å². The average Bonchev–Trinajstić information content (AvgIpc) is 2.03. The summed E-state index contributed by atoms with van der Waals surface area (Å²) < 4.78 is 30.2. The second-order valence-electron chi connectivity index (χ2n) is 2.65. The minimum atomic E-state index is -4.11. The van der Waals surface area contributed by atoms with Crippen LogP contribution in [0.5, 0.6) is 0 Å². The third-order valence-corrected chi connectivity index (χ3v) is 2.57. The Bertz CT molecular complexity index is 411. The van der Waals surface area contributed by atoms with E-state index in [4.69, 9.17) is 4.55 Å². The summed E-state index contributed by atoms with van der Waals surface area (Å²) in [5.74, 6) is 0. The smallest absolute Gasteiger partial charge is 0.288 e. The minimum Gasteiger partial charge on any atom is -0.288 e. The first-order valence-electron chi connectivity index (χ1n) is 3.63. The second-order valence-corrected chi connectivity index (χ2v) is 4.07. The zero-order valence-corrected chi connectivity index (χ0v) is 8.17. The molecular weight excluding hydrogens is 190 g/mol.